The molecule has 0 fully saturated rings. The highest BCUT2D eigenvalue weighted by Crippen LogP contribution is 1.96. The Morgan fingerprint density at radius 1 is 1.00 bits per heavy atom. The summed E-state index contributed by atoms with van der Waals surface area (Å²) in [5.74, 6) is 0. The topological polar surface area (TPSA) is 110 Å². The molecule has 5 N–H and O–H groups in total. The summed E-state index contributed by atoms with van der Waals surface area (Å²) >= 11 is 0. The summed E-state index contributed by atoms with van der Waals surface area (Å²) in [6.07, 6.45) is -4.03. The van der Waals surface area contributed by atoms with Crippen LogP contribution in [0.25, 0.3) is 0 Å². The number of ether oxygens (including phenoxy) is 1. The zero-order valence-electron chi connectivity index (χ0n) is 6.50. The number of aliphatic hydroxyl groups excluding tert-OH is 5. The van der Waals surface area contributed by atoms with Gasteiger partial charge in [-0.15, -0.1) is 0 Å². The second kappa shape index (κ2) is 6.30. The third-order valence-electron chi connectivity index (χ3n) is 1.19. The van der Waals surface area contributed by atoms with Gasteiger partial charge in [0.1, 0.15) is 12.2 Å². The van der Waals surface area contributed by atoms with Crippen molar-refractivity contribution >= 4 is 0 Å². The first kappa shape index (κ1) is 11.8. The Balaban J connectivity index is 3.49. The molecule has 0 saturated heterocycles. The zero-order valence-corrected chi connectivity index (χ0v) is 6.50. The Kier molecular flexibility index (Phi) is 6.17. The van der Waals surface area contributed by atoms with Gasteiger partial charge in [-0.3, -0.25) is 0 Å². The molecule has 74 valence electrons. The van der Waals surface area contributed by atoms with Gasteiger partial charge >= 0.3 is 0 Å². The van der Waals surface area contributed by atoms with Crippen LogP contribution in [-0.4, -0.2) is 63.9 Å². The van der Waals surface area contributed by atoms with Crippen LogP contribution in [-0.2, 0) is 4.74 Å². The fourth-order valence-corrected chi connectivity index (χ4v) is 0.464. The molecule has 0 aliphatic rings. The predicted octanol–water partition coefficient (Wildman–Crippen LogP) is -2.97. The van der Waals surface area contributed by atoms with Crippen LogP contribution in [0.5, 0.6) is 0 Å². The molecular weight excluding hydrogens is 168 g/mol. The second-order valence-corrected chi connectivity index (χ2v) is 2.31. The second-order valence-electron chi connectivity index (χ2n) is 2.31. The highest BCUT2D eigenvalue weighted by atomic mass is 16.6. The molecule has 0 aromatic rings. The molecule has 0 heterocycles. The van der Waals surface area contributed by atoms with Gasteiger partial charge in [0.25, 0.3) is 0 Å². The quantitative estimate of drug-likeness (QED) is 0.280. The molecule has 0 aliphatic carbocycles. The first-order valence-electron chi connectivity index (χ1n) is 3.49. The summed E-state index contributed by atoms with van der Waals surface area (Å²) in [4.78, 5) is 0. The molecule has 0 aromatic heterocycles. The van der Waals surface area contributed by atoms with Crippen LogP contribution in [0.4, 0.5) is 0 Å². The van der Waals surface area contributed by atoms with E-state index < -0.39 is 31.7 Å². The van der Waals surface area contributed by atoms with Gasteiger partial charge in [0.15, 0.2) is 6.29 Å². The van der Waals surface area contributed by atoms with Crippen molar-refractivity contribution in [3.8, 4) is 0 Å². The van der Waals surface area contributed by atoms with Crippen molar-refractivity contribution in [3.63, 3.8) is 0 Å². The van der Waals surface area contributed by atoms with Gasteiger partial charge in [0.05, 0.1) is 19.8 Å². The van der Waals surface area contributed by atoms with E-state index in [4.69, 9.17) is 25.5 Å². The summed E-state index contributed by atoms with van der Waals surface area (Å²) in [7, 11) is 0. The average Bonchev–Trinajstić information content (AvgIpc) is 2.11. The fraction of sp³-hybridized carbons (Fsp3) is 1.00. The fourth-order valence-electron chi connectivity index (χ4n) is 0.464. The van der Waals surface area contributed by atoms with E-state index in [1.165, 1.54) is 0 Å². The van der Waals surface area contributed by atoms with Gasteiger partial charge in [0, 0.05) is 0 Å². The lowest BCUT2D eigenvalue weighted by Gasteiger charge is -2.17. The first-order chi connectivity index (χ1) is 5.61. The third kappa shape index (κ3) is 4.60. The van der Waals surface area contributed by atoms with E-state index in [0.29, 0.717) is 0 Å². The van der Waals surface area contributed by atoms with Crippen LogP contribution in [0.2, 0.25) is 0 Å². The normalized spacial score (nSPS) is 18.8. The molecule has 6 nitrogen and oxygen atoms in total. The van der Waals surface area contributed by atoms with Crippen LogP contribution in [0, 0.1) is 0 Å². The number of rotatable bonds is 6. The Bertz CT molecular complexity index is 108. The molecule has 3 atom stereocenters. The van der Waals surface area contributed by atoms with Crippen molar-refractivity contribution in [3.05, 3.63) is 0 Å². The molecular formula is C6H14O6. The highest BCUT2D eigenvalue weighted by molar-refractivity contribution is 4.57. The van der Waals surface area contributed by atoms with Gasteiger partial charge in [-0.25, -0.2) is 0 Å². The Morgan fingerprint density at radius 2 is 1.58 bits per heavy atom. The molecule has 0 spiro atoms. The van der Waals surface area contributed by atoms with Crippen LogP contribution in [0.15, 0.2) is 0 Å². The maximum absolute atomic E-state index is 8.84. The van der Waals surface area contributed by atoms with Gasteiger partial charge in [-0.05, 0) is 0 Å². The van der Waals surface area contributed by atoms with Crippen molar-refractivity contribution in [1.82, 2.24) is 0 Å². The lowest BCUT2D eigenvalue weighted by Crippen LogP contribution is -2.34. The molecule has 0 aromatic carbocycles. The molecule has 0 bridgehead atoms. The number of hydrogen-bond donors (Lipinski definition) is 5. The lowest BCUT2D eigenvalue weighted by molar-refractivity contribution is -0.184. The standard InChI is InChI=1S/C6H14O6/c7-1-4(9)3-12-6(11)5(10)2-8/h4-11H,1-3H2. The van der Waals surface area contributed by atoms with Crippen molar-refractivity contribution < 1.29 is 30.3 Å². The molecule has 3 unspecified atom stereocenters. The molecule has 12 heavy (non-hydrogen) atoms. The number of aliphatic hydroxyl groups is 5. The Labute approximate surface area is 69.6 Å². The minimum absolute atomic E-state index is 0.297. The van der Waals surface area contributed by atoms with Gasteiger partial charge < -0.3 is 30.3 Å². The molecule has 0 rings (SSSR count). The minimum Gasteiger partial charge on any atom is -0.394 e. The monoisotopic (exact) mass is 182 g/mol. The van der Waals surface area contributed by atoms with Crippen molar-refractivity contribution in [2.45, 2.75) is 18.5 Å². The molecule has 6 heteroatoms. The minimum atomic E-state index is -1.55. The van der Waals surface area contributed by atoms with E-state index in [2.05, 4.69) is 4.74 Å². The SMILES string of the molecule is OCC(O)COC(O)C(O)CO. The maximum atomic E-state index is 8.84. The maximum Gasteiger partial charge on any atom is 0.183 e. The molecule has 0 aliphatic heterocycles. The summed E-state index contributed by atoms with van der Waals surface area (Å²) in [5, 5.41) is 43.0. The highest BCUT2D eigenvalue weighted by Gasteiger charge is 2.16. The largest absolute Gasteiger partial charge is 0.394 e. The number of hydrogen-bond acceptors (Lipinski definition) is 6. The molecule has 0 saturated carbocycles. The van der Waals surface area contributed by atoms with Crippen molar-refractivity contribution in [1.29, 1.82) is 0 Å². The van der Waals surface area contributed by atoms with Gasteiger partial charge in [0.2, 0.25) is 0 Å². The van der Waals surface area contributed by atoms with E-state index in [-0.39, 0.29) is 6.61 Å². The first-order valence-corrected chi connectivity index (χ1v) is 3.49. The predicted molar refractivity (Wildman–Crippen MR) is 38.1 cm³/mol. The van der Waals surface area contributed by atoms with E-state index in [1.807, 2.05) is 0 Å². The van der Waals surface area contributed by atoms with Gasteiger partial charge in [-0.2, -0.15) is 0 Å². The zero-order chi connectivity index (χ0) is 9.56. The van der Waals surface area contributed by atoms with Crippen molar-refractivity contribution in [2.24, 2.45) is 0 Å². The van der Waals surface area contributed by atoms with E-state index in [0.717, 1.165) is 0 Å². The van der Waals surface area contributed by atoms with E-state index >= 15 is 0 Å². The molecule has 0 radical (unpaired) electrons. The van der Waals surface area contributed by atoms with E-state index in [1.54, 1.807) is 0 Å². The summed E-state index contributed by atoms with van der Waals surface area (Å²) < 4.78 is 4.48. The van der Waals surface area contributed by atoms with Crippen LogP contribution >= 0.6 is 0 Å². The summed E-state index contributed by atoms with van der Waals surface area (Å²) in [6, 6.07) is 0. The van der Waals surface area contributed by atoms with Crippen LogP contribution in [0.1, 0.15) is 0 Å². The smallest absolute Gasteiger partial charge is 0.183 e. The third-order valence-corrected chi connectivity index (χ3v) is 1.19. The van der Waals surface area contributed by atoms with Crippen LogP contribution in [0.3, 0.4) is 0 Å². The van der Waals surface area contributed by atoms with Gasteiger partial charge in [-0.1, -0.05) is 0 Å². The summed E-state index contributed by atoms with van der Waals surface area (Å²) in [5.41, 5.74) is 0. The average molecular weight is 182 g/mol. The Hall–Kier alpha value is -0.240. The van der Waals surface area contributed by atoms with Crippen molar-refractivity contribution in [2.75, 3.05) is 19.8 Å². The van der Waals surface area contributed by atoms with Crippen LogP contribution < -0.4 is 0 Å². The molecule has 0 amide bonds. The lowest BCUT2D eigenvalue weighted by atomic mass is 10.3. The Morgan fingerprint density at radius 3 is 2.00 bits per heavy atom. The summed E-state index contributed by atoms with van der Waals surface area (Å²) in [6.45, 7) is -1.41. The van der Waals surface area contributed by atoms with E-state index in [9.17, 15) is 0 Å².